The van der Waals surface area contributed by atoms with Gasteiger partial charge in [0.2, 0.25) is 0 Å². The Hall–Kier alpha value is -1.55. The van der Waals surface area contributed by atoms with Crippen molar-refractivity contribution in [3.63, 3.8) is 0 Å². The van der Waals surface area contributed by atoms with Crippen LogP contribution in [0.4, 0.5) is 10.5 Å². The first-order valence-corrected chi connectivity index (χ1v) is 9.88. The quantitative estimate of drug-likeness (QED) is 0.891. The van der Waals surface area contributed by atoms with Gasteiger partial charge in [-0.3, -0.25) is 4.90 Å². The summed E-state index contributed by atoms with van der Waals surface area (Å²) in [6.07, 6.45) is 8.14. The molecule has 1 aromatic rings. The Balaban J connectivity index is 1.34. The van der Waals surface area contributed by atoms with E-state index >= 15 is 0 Å². The standard InChI is InChI=1S/C21H28N2O2/c1-25-21-11-14-9-16(12-21)19(17(10-14)13-21)22-20(24)23-8-4-6-15-5-2-3-7-18(15)23/h2-3,5,7,14,16-17,19H,4,6,8-13H2,1H3,(H,22,24)/t14?,16?,17?,19-,21-. The Labute approximate surface area is 149 Å². The van der Waals surface area contributed by atoms with Gasteiger partial charge < -0.3 is 10.1 Å². The fourth-order valence-electron chi connectivity index (χ4n) is 6.40. The molecule has 4 fully saturated rings. The number of nitrogens with zero attached hydrogens (tertiary/aromatic N) is 1. The van der Waals surface area contributed by atoms with E-state index in [1.54, 1.807) is 0 Å². The zero-order valence-corrected chi connectivity index (χ0v) is 15.0. The molecule has 25 heavy (non-hydrogen) atoms. The monoisotopic (exact) mass is 340 g/mol. The second-order valence-electron chi connectivity index (χ2n) is 8.72. The largest absolute Gasteiger partial charge is 0.378 e. The molecular formula is C21H28N2O2. The Morgan fingerprint density at radius 1 is 1.20 bits per heavy atom. The Kier molecular flexibility index (Phi) is 3.60. The summed E-state index contributed by atoms with van der Waals surface area (Å²) in [5.41, 5.74) is 2.51. The van der Waals surface area contributed by atoms with E-state index in [9.17, 15) is 4.79 Å². The molecule has 4 nitrogen and oxygen atoms in total. The van der Waals surface area contributed by atoms with E-state index in [-0.39, 0.29) is 11.6 Å². The number of aryl methyl sites for hydroxylation is 1. The lowest BCUT2D eigenvalue weighted by Crippen LogP contribution is -2.63. The average molecular weight is 340 g/mol. The van der Waals surface area contributed by atoms with Crippen molar-refractivity contribution in [1.82, 2.24) is 5.32 Å². The van der Waals surface area contributed by atoms with E-state index in [2.05, 4.69) is 23.5 Å². The first-order chi connectivity index (χ1) is 12.2. The number of ether oxygens (including phenoxy) is 1. The third-order valence-electron chi connectivity index (χ3n) is 7.30. The van der Waals surface area contributed by atoms with Crippen LogP contribution in [0.5, 0.6) is 0 Å². The topological polar surface area (TPSA) is 41.6 Å². The molecule has 1 N–H and O–H groups in total. The van der Waals surface area contributed by atoms with E-state index in [0.29, 0.717) is 17.9 Å². The van der Waals surface area contributed by atoms with Gasteiger partial charge >= 0.3 is 6.03 Å². The van der Waals surface area contributed by atoms with Crippen LogP contribution in [0.2, 0.25) is 0 Å². The molecule has 0 spiro atoms. The second kappa shape index (κ2) is 5.73. The van der Waals surface area contributed by atoms with E-state index < -0.39 is 0 Å². The molecule has 4 aliphatic carbocycles. The molecule has 4 heteroatoms. The summed E-state index contributed by atoms with van der Waals surface area (Å²) in [6, 6.07) is 8.79. The zero-order valence-electron chi connectivity index (χ0n) is 15.0. The van der Waals surface area contributed by atoms with Crippen LogP contribution in [-0.2, 0) is 11.2 Å². The van der Waals surface area contributed by atoms with Crippen LogP contribution in [0, 0.1) is 17.8 Å². The molecule has 4 bridgehead atoms. The number of hydrogen-bond acceptors (Lipinski definition) is 2. The summed E-state index contributed by atoms with van der Waals surface area (Å²) in [5.74, 6) is 1.99. The Morgan fingerprint density at radius 2 is 1.96 bits per heavy atom. The lowest BCUT2D eigenvalue weighted by Gasteiger charge is -2.59. The molecule has 0 aromatic heterocycles. The number of anilines is 1. The predicted molar refractivity (Wildman–Crippen MR) is 97.7 cm³/mol. The second-order valence-corrected chi connectivity index (χ2v) is 8.72. The van der Waals surface area contributed by atoms with Crippen LogP contribution >= 0.6 is 0 Å². The maximum Gasteiger partial charge on any atom is 0.322 e. The Bertz CT molecular complexity index is 672. The van der Waals surface area contributed by atoms with E-state index in [1.807, 2.05) is 18.1 Å². The molecule has 1 aromatic carbocycles. The molecule has 4 saturated carbocycles. The molecule has 1 aliphatic heterocycles. The highest BCUT2D eigenvalue weighted by Crippen LogP contribution is 2.57. The Morgan fingerprint density at radius 3 is 2.72 bits per heavy atom. The SMILES string of the molecule is CO[C@]12CC3CC(C1)[C@@H](NC(=O)N1CCCc4ccccc41)C(C3)C2. The minimum atomic E-state index is 0.107. The molecule has 2 unspecified atom stereocenters. The van der Waals surface area contributed by atoms with Gasteiger partial charge in [-0.1, -0.05) is 18.2 Å². The highest BCUT2D eigenvalue weighted by Gasteiger charge is 2.56. The average Bonchev–Trinajstić information content (AvgIpc) is 2.63. The maximum absolute atomic E-state index is 13.1. The molecule has 2 amide bonds. The van der Waals surface area contributed by atoms with Gasteiger partial charge in [-0.2, -0.15) is 0 Å². The van der Waals surface area contributed by atoms with Gasteiger partial charge in [-0.05, 0) is 74.3 Å². The third kappa shape index (κ3) is 2.49. The number of fused-ring (bicyclic) bond motifs is 1. The number of hydrogen-bond donors (Lipinski definition) is 1. The van der Waals surface area contributed by atoms with Crippen LogP contribution in [0.25, 0.3) is 0 Å². The molecule has 134 valence electrons. The minimum Gasteiger partial charge on any atom is -0.378 e. The van der Waals surface area contributed by atoms with E-state index in [1.165, 1.54) is 24.8 Å². The molecule has 5 aliphatic rings. The van der Waals surface area contributed by atoms with Crippen LogP contribution in [0.1, 0.15) is 44.1 Å². The van der Waals surface area contributed by atoms with Gasteiger partial charge in [0.05, 0.1) is 5.60 Å². The van der Waals surface area contributed by atoms with Crippen molar-refractivity contribution in [2.24, 2.45) is 17.8 Å². The first-order valence-electron chi connectivity index (χ1n) is 9.88. The molecule has 2 atom stereocenters. The number of urea groups is 1. The molecule has 0 radical (unpaired) electrons. The number of amides is 2. The summed E-state index contributed by atoms with van der Waals surface area (Å²) >= 11 is 0. The summed E-state index contributed by atoms with van der Waals surface area (Å²) in [5, 5.41) is 3.45. The van der Waals surface area contributed by atoms with Crippen molar-refractivity contribution in [2.45, 2.75) is 56.6 Å². The zero-order chi connectivity index (χ0) is 17.0. The van der Waals surface area contributed by atoms with Gasteiger partial charge in [0, 0.05) is 25.4 Å². The first kappa shape index (κ1) is 15.7. The summed E-state index contributed by atoms with van der Waals surface area (Å²) in [4.78, 5) is 15.1. The summed E-state index contributed by atoms with van der Waals surface area (Å²) in [7, 11) is 1.88. The number of nitrogens with one attached hydrogen (secondary N) is 1. The van der Waals surface area contributed by atoms with Gasteiger partial charge in [0.15, 0.2) is 0 Å². The van der Waals surface area contributed by atoms with Crippen molar-refractivity contribution < 1.29 is 9.53 Å². The van der Waals surface area contributed by atoms with Gasteiger partial charge in [0.1, 0.15) is 0 Å². The van der Waals surface area contributed by atoms with Crippen molar-refractivity contribution in [3.8, 4) is 0 Å². The maximum atomic E-state index is 13.1. The van der Waals surface area contributed by atoms with Crippen molar-refractivity contribution in [1.29, 1.82) is 0 Å². The van der Waals surface area contributed by atoms with Crippen LogP contribution in [0.3, 0.4) is 0 Å². The van der Waals surface area contributed by atoms with Crippen molar-refractivity contribution >= 4 is 11.7 Å². The highest BCUT2D eigenvalue weighted by atomic mass is 16.5. The van der Waals surface area contributed by atoms with Crippen molar-refractivity contribution in [2.75, 3.05) is 18.6 Å². The molecule has 0 saturated heterocycles. The fourth-order valence-corrected chi connectivity index (χ4v) is 6.40. The lowest BCUT2D eigenvalue weighted by molar-refractivity contribution is -0.155. The lowest BCUT2D eigenvalue weighted by atomic mass is 9.52. The van der Waals surface area contributed by atoms with Gasteiger partial charge in [-0.15, -0.1) is 0 Å². The summed E-state index contributed by atoms with van der Waals surface area (Å²) < 4.78 is 5.94. The molecule has 6 rings (SSSR count). The van der Waals surface area contributed by atoms with Crippen LogP contribution in [0.15, 0.2) is 24.3 Å². The van der Waals surface area contributed by atoms with Gasteiger partial charge in [-0.25, -0.2) is 4.79 Å². The van der Waals surface area contributed by atoms with Crippen LogP contribution in [-0.4, -0.2) is 31.3 Å². The number of benzene rings is 1. The van der Waals surface area contributed by atoms with Gasteiger partial charge in [0.25, 0.3) is 0 Å². The minimum absolute atomic E-state index is 0.107. The fraction of sp³-hybridized carbons (Fsp3) is 0.667. The number of carbonyl (C=O) groups is 1. The number of para-hydroxylation sites is 1. The summed E-state index contributed by atoms with van der Waals surface area (Å²) in [6.45, 7) is 0.829. The molecule has 1 heterocycles. The smallest absolute Gasteiger partial charge is 0.322 e. The van der Waals surface area contributed by atoms with Crippen LogP contribution < -0.4 is 10.2 Å². The molecular weight excluding hydrogens is 312 g/mol. The normalized spacial score (nSPS) is 38.5. The van der Waals surface area contributed by atoms with E-state index in [0.717, 1.165) is 43.8 Å². The number of methoxy groups -OCH3 is 1. The predicted octanol–water partition coefficient (Wildman–Crippen LogP) is 3.74. The number of carbonyl (C=O) groups excluding carboxylic acids is 1. The van der Waals surface area contributed by atoms with E-state index in [4.69, 9.17) is 4.74 Å². The third-order valence-corrected chi connectivity index (χ3v) is 7.30. The van der Waals surface area contributed by atoms with Crippen molar-refractivity contribution in [3.05, 3.63) is 29.8 Å². The number of rotatable bonds is 2. The highest BCUT2D eigenvalue weighted by molar-refractivity contribution is 5.93.